The van der Waals surface area contributed by atoms with E-state index in [1.165, 1.54) is 18.2 Å². The Bertz CT molecular complexity index is 1260. The van der Waals surface area contributed by atoms with E-state index in [1.807, 2.05) is 31.2 Å². The molecule has 0 radical (unpaired) electrons. The maximum Gasteiger partial charge on any atom is 0.417 e. The van der Waals surface area contributed by atoms with Crippen molar-refractivity contribution in [2.45, 2.75) is 26.1 Å². The molecule has 0 N–H and O–H groups in total. The summed E-state index contributed by atoms with van der Waals surface area (Å²) in [6, 6.07) is 11.7. The van der Waals surface area contributed by atoms with Crippen LogP contribution in [0.4, 0.5) is 13.2 Å². The average Bonchev–Trinajstić information content (AvgIpc) is 3.17. The van der Waals surface area contributed by atoms with Gasteiger partial charge >= 0.3 is 11.8 Å². The normalized spacial score (nSPS) is 12.8. The van der Waals surface area contributed by atoms with E-state index in [1.54, 1.807) is 6.92 Å². The van der Waals surface area contributed by atoms with Crippen molar-refractivity contribution in [3.8, 4) is 17.2 Å². The van der Waals surface area contributed by atoms with E-state index in [0.717, 1.165) is 11.1 Å². The highest BCUT2D eigenvalue weighted by atomic mass is 19.4. The quantitative estimate of drug-likeness (QED) is 0.420. The first kappa shape index (κ1) is 19.7. The van der Waals surface area contributed by atoms with Crippen LogP contribution in [0.25, 0.3) is 22.4 Å². The molecule has 0 aliphatic heterocycles. The molecule has 4 aromatic rings. The van der Waals surface area contributed by atoms with Crippen molar-refractivity contribution in [2.75, 3.05) is 0 Å². The average molecular weight is 416 g/mol. The van der Waals surface area contributed by atoms with E-state index in [-0.39, 0.29) is 22.6 Å². The lowest BCUT2D eigenvalue weighted by Gasteiger charge is -2.13. The zero-order valence-corrected chi connectivity index (χ0v) is 15.9. The number of hydrogen-bond donors (Lipinski definition) is 0. The van der Waals surface area contributed by atoms with Crippen LogP contribution in [0.3, 0.4) is 0 Å². The fourth-order valence-electron chi connectivity index (χ4n) is 2.92. The fourth-order valence-corrected chi connectivity index (χ4v) is 2.92. The fraction of sp³-hybridized carbons (Fsp3) is 0.190. The third kappa shape index (κ3) is 3.91. The highest BCUT2D eigenvalue weighted by Crippen LogP contribution is 2.35. The lowest BCUT2D eigenvalue weighted by molar-refractivity contribution is -0.136. The number of aryl methyl sites for hydroxylation is 1. The Morgan fingerprint density at radius 1 is 1.00 bits per heavy atom. The van der Waals surface area contributed by atoms with Crippen LogP contribution in [-0.4, -0.2) is 10.2 Å². The van der Waals surface area contributed by atoms with Crippen molar-refractivity contribution in [1.82, 2.24) is 10.2 Å². The molecule has 0 amide bonds. The highest BCUT2D eigenvalue weighted by Gasteiger charge is 2.34. The second-order valence-electron chi connectivity index (χ2n) is 6.71. The molecule has 0 aliphatic rings. The van der Waals surface area contributed by atoms with Gasteiger partial charge in [0.2, 0.25) is 5.89 Å². The Kier molecular flexibility index (Phi) is 4.81. The van der Waals surface area contributed by atoms with E-state index >= 15 is 0 Å². The summed E-state index contributed by atoms with van der Waals surface area (Å²) in [5.74, 6) is 0.698. The van der Waals surface area contributed by atoms with Gasteiger partial charge in [-0.3, -0.25) is 0 Å². The largest absolute Gasteiger partial charge is 0.481 e. The third-order valence-corrected chi connectivity index (χ3v) is 4.42. The lowest BCUT2D eigenvalue weighted by atomic mass is 10.1. The number of ether oxygens (including phenoxy) is 1. The summed E-state index contributed by atoms with van der Waals surface area (Å²) >= 11 is 0. The van der Waals surface area contributed by atoms with Gasteiger partial charge in [0.05, 0.1) is 5.56 Å². The number of halogens is 3. The number of fused-ring (bicyclic) bond motifs is 1. The van der Waals surface area contributed by atoms with Crippen LogP contribution in [0.1, 0.15) is 30.0 Å². The summed E-state index contributed by atoms with van der Waals surface area (Å²) < 4.78 is 55.7. The van der Waals surface area contributed by atoms with Gasteiger partial charge in [-0.25, -0.2) is 4.79 Å². The Hall–Kier alpha value is -3.62. The molecule has 2 aromatic carbocycles. The molecule has 154 valence electrons. The van der Waals surface area contributed by atoms with Crippen molar-refractivity contribution in [2.24, 2.45) is 0 Å². The maximum absolute atomic E-state index is 13.2. The minimum absolute atomic E-state index is 0.188. The molecular formula is C21H15F3N2O4. The number of hydrogen-bond acceptors (Lipinski definition) is 6. The summed E-state index contributed by atoms with van der Waals surface area (Å²) in [4.78, 5) is 11.5. The molecule has 0 fully saturated rings. The molecule has 0 spiro atoms. The Balaban J connectivity index is 1.60. The molecular weight excluding hydrogens is 401 g/mol. The summed E-state index contributed by atoms with van der Waals surface area (Å²) in [6.07, 6.45) is -5.37. The molecule has 1 atom stereocenters. The summed E-state index contributed by atoms with van der Waals surface area (Å²) in [7, 11) is 0. The van der Waals surface area contributed by atoms with E-state index in [0.29, 0.717) is 12.0 Å². The minimum Gasteiger partial charge on any atom is -0.481 e. The van der Waals surface area contributed by atoms with E-state index in [2.05, 4.69) is 10.2 Å². The molecule has 2 heterocycles. The van der Waals surface area contributed by atoms with Crippen molar-refractivity contribution in [3.05, 3.63) is 76.0 Å². The predicted octanol–water partition coefficient (Wildman–Crippen LogP) is 5.31. The van der Waals surface area contributed by atoms with Gasteiger partial charge in [-0.15, -0.1) is 10.2 Å². The zero-order chi connectivity index (χ0) is 21.5. The molecule has 30 heavy (non-hydrogen) atoms. The van der Waals surface area contributed by atoms with E-state index < -0.39 is 23.5 Å². The molecule has 1 unspecified atom stereocenters. The molecule has 4 rings (SSSR count). The molecule has 6 nitrogen and oxygen atoms in total. The second-order valence-corrected chi connectivity index (χ2v) is 6.71. The molecule has 9 heteroatoms. The molecule has 0 saturated carbocycles. The van der Waals surface area contributed by atoms with Gasteiger partial charge in [0.25, 0.3) is 5.89 Å². The topological polar surface area (TPSA) is 78.4 Å². The first-order valence-electron chi connectivity index (χ1n) is 8.93. The second kappa shape index (κ2) is 7.33. The van der Waals surface area contributed by atoms with Gasteiger partial charge in [0, 0.05) is 23.1 Å². The van der Waals surface area contributed by atoms with Gasteiger partial charge in [-0.2, -0.15) is 13.2 Å². The van der Waals surface area contributed by atoms with Crippen LogP contribution >= 0.6 is 0 Å². The van der Waals surface area contributed by atoms with Crippen molar-refractivity contribution >= 4 is 11.0 Å². The number of aromatic nitrogens is 2. The number of benzene rings is 2. The predicted molar refractivity (Wildman–Crippen MR) is 101 cm³/mol. The molecule has 0 bridgehead atoms. The van der Waals surface area contributed by atoms with Crippen LogP contribution in [0.5, 0.6) is 5.75 Å². The third-order valence-electron chi connectivity index (χ3n) is 4.42. The Morgan fingerprint density at radius 3 is 2.43 bits per heavy atom. The number of alkyl halides is 3. The van der Waals surface area contributed by atoms with Crippen LogP contribution in [0.15, 0.2) is 62.2 Å². The lowest BCUT2D eigenvalue weighted by Crippen LogP contribution is -2.11. The van der Waals surface area contributed by atoms with Crippen molar-refractivity contribution in [1.29, 1.82) is 0 Å². The Labute approximate surface area is 167 Å². The Morgan fingerprint density at radius 2 is 1.73 bits per heavy atom. The zero-order valence-electron chi connectivity index (χ0n) is 15.9. The van der Waals surface area contributed by atoms with Gasteiger partial charge in [-0.1, -0.05) is 17.7 Å². The van der Waals surface area contributed by atoms with E-state index in [4.69, 9.17) is 13.6 Å². The van der Waals surface area contributed by atoms with Crippen LogP contribution in [-0.2, 0) is 6.18 Å². The first-order valence-corrected chi connectivity index (χ1v) is 8.93. The van der Waals surface area contributed by atoms with Crippen molar-refractivity contribution in [3.63, 3.8) is 0 Å². The summed E-state index contributed by atoms with van der Waals surface area (Å²) in [6.45, 7) is 3.61. The van der Waals surface area contributed by atoms with Gasteiger partial charge < -0.3 is 13.6 Å². The SMILES string of the molecule is Cc1ccc(-c2nnc(C(C)Oc3ccc4c(C(F)(F)F)cc(=O)oc4c3)o2)cc1. The first-order chi connectivity index (χ1) is 14.2. The standard InChI is InChI=1S/C21H15F3N2O4/c1-11-3-5-13(6-4-11)20-26-25-19(30-20)12(2)28-14-7-8-15-16(21(22,23)24)10-18(27)29-17(15)9-14/h3-10,12H,1-2H3. The van der Waals surface area contributed by atoms with Gasteiger partial charge in [0.15, 0.2) is 6.10 Å². The molecule has 0 aliphatic carbocycles. The van der Waals surface area contributed by atoms with E-state index in [9.17, 15) is 18.0 Å². The van der Waals surface area contributed by atoms with Gasteiger partial charge in [-0.05, 0) is 38.1 Å². The maximum atomic E-state index is 13.2. The minimum atomic E-state index is -4.68. The number of rotatable bonds is 4. The summed E-state index contributed by atoms with van der Waals surface area (Å²) in [5, 5.41) is 7.73. The molecule has 0 saturated heterocycles. The van der Waals surface area contributed by atoms with Crippen LogP contribution in [0, 0.1) is 6.92 Å². The monoisotopic (exact) mass is 416 g/mol. The molecule has 2 aromatic heterocycles. The van der Waals surface area contributed by atoms with Crippen molar-refractivity contribution < 1.29 is 26.7 Å². The van der Waals surface area contributed by atoms with Crippen LogP contribution in [0.2, 0.25) is 0 Å². The summed E-state index contributed by atoms with van der Waals surface area (Å²) in [5.41, 5.74) is -0.552. The smallest absolute Gasteiger partial charge is 0.417 e. The number of nitrogens with zero attached hydrogens (tertiary/aromatic N) is 2. The highest BCUT2D eigenvalue weighted by molar-refractivity contribution is 5.82. The van der Waals surface area contributed by atoms with Gasteiger partial charge in [0.1, 0.15) is 11.3 Å². The van der Waals surface area contributed by atoms with Crippen LogP contribution < -0.4 is 10.4 Å².